The highest BCUT2D eigenvalue weighted by atomic mass is 19.1. The lowest BCUT2D eigenvalue weighted by molar-refractivity contribution is 0.625. The maximum absolute atomic E-state index is 13.2. The second-order valence-corrected chi connectivity index (χ2v) is 3.07. The van der Waals surface area contributed by atoms with Gasteiger partial charge in [-0.1, -0.05) is 11.2 Å². The molecule has 0 radical (unpaired) electrons. The van der Waals surface area contributed by atoms with E-state index in [0.717, 1.165) is 5.56 Å². The van der Waals surface area contributed by atoms with E-state index in [-0.39, 0.29) is 12.4 Å². The standard InChI is InChI=1S/C9H11FN4/c1-14(2)9-5-7(6-12-13-11)3-4-8(9)10/h3-5H,6H2,1-2H3. The number of benzene rings is 1. The van der Waals surface area contributed by atoms with Crippen LogP contribution in [0.2, 0.25) is 0 Å². The maximum Gasteiger partial charge on any atom is 0.146 e. The highest BCUT2D eigenvalue weighted by Gasteiger charge is 2.04. The molecule has 0 spiro atoms. The molecule has 74 valence electrons. The molecular formula is C9H11FN4. The molecule has 5 heteroatoms. The van der Waals surface area contributed by atoms with Gasteiger partial charge in [0.05, 0.1) is 12.2 Å². The van der Waals surface area contributed by atoms with Gasteiger partial charge in [-0.25, -0.2) is 4.39 Å². The molecule has 1 aromatic rings. The lowest BCUT2D eigenvalue weighted by Crippen LogP contribution is -2.10. The third kappa shape index (κ3) is 2.37. The average molecular weight is 194 g/mol. The molecule has 1 rings (SSSR count). The van der Waals surface area contributed by atoms with Gasteiger partial charge in [0, 0.05) is 19.0 Å². The minimum Gasteiger partial charge on any atom is -0.375 e. The normalized spacial score (nSPS) is 9.36. The van der Waals surface area contributed by atoms with Crippen LogP contribution in [-0.2, 0) is 6.54 Å². The molecule has 0 amide bonds. The highest BCUT2D eigenvalue weighted by molar-refractivity contribution is 5.48. The van der Waals surface area contributed by atoms with Crippen molar-refractivity contribution in [3.63, 3.8) is 0 Å². The van der Waals surface area contributed by atoms with Crippen LogP contribution in [0.3, 0.4) is 0 Å². The SMILES string of the molecule is CN(C)c1cc(CN=[N+]=[N-])ccc1F. The largest absolute Gasteiger partial charge is 0.375 e. The summed E-state index contributed by atoms with van der Waals surface area (Å²) in [5, 5.41) is 3.41. The van der Waals surface area contributed by atoms with Crippen LogP contribution in [0.4, 0.5) is 10.1 Å². The molecule has 0 unspecified atom stereocenters. The topological polar surface area (TPSA) is 52.0 Å². The zero-order chi connectivity index (χ0) is 10.6. The summed E-state index contributed by atoms with van der Waals surface area (Å²) in [7, 11) is 3.52. The Morgan fingerprint density at radius 1 is 1.50 bits per heavy atom. The summed E-state index contributed by atoms with van der Waals surface area (Å²) in [4.78, 5) is 4.32. The van der Waals surface area contributed by atoms with E-state index in [2.05, 4.69) is 10.0 Å². The summed E-state index contributed by atoms with van der Waals surface area (Å²) in [5.74, 6) is -0.278. The first-order chi connectivity index (χ1) is 6.65. The van der Waals surface area contributed by atoms with Crippen molar-refractivity contribution in [2.45, 2.75) is 6.54 Å². The van der Waals surface area contributed by atoms with Crippen LogP contribution < -0.4 is 4.90 Å². The van der Waals surface area contributed by atoms with Crippen molar-refractivity contribution in [1.82, 2.24) is 0 Å². The Labute approximate surface area is 81.6 Å². The molecule has 0 aliphatic heterocycles. The summed E-state index contributed by atoms with van der Waals surface area (Å²) in [6.45, 7) is 0.248. The summed E-state index contributed by atoms with van der Waals surface area (Å²) >= 11 is 0. The van der Waals surface area contributed by atoms with Gasteiger partial charge in [-0.15, -0.1) is 0 Å². The molecule has 0 aliphatic carbocycles. The Balaban J connectivity index is 2.99. The van der Waals surface area contributed by atoms with Gasteiger partial charge < -0.3 is 4.90 Å². The molecule has 4 nitrogen and oxygen atoms in total. The van der Waals surface area contributed by atoms with Gasteiger partial charge in [-0.05, 0) is 23.2 Å². The molecule has 0 atom stereocenters. The summed E-state index contributed by atoms with van der Waals surface area (Å²) < 4.78 is 13.2. The highest BCUT2D eigenvalue weighted by Crippen LogP contribution is 2.19. The lowest BCUT2D eigenvalue weighted by atomic mass is 10.2. The van der Waals surface area contributed by atoms with E-state index in [4.69, 9.17) is 5.53 Å². The first kappa shape index (κ1) is 10.3. The second-order valence-electron chi connectivity index (χ2n) is 3.07. The van der Waals surface area contributed by atoms with Gasteiger partial charge in [0.15, 0.2) is 0 Å². The number of halogens is 1. The van der Waals surface area contributed by atoms with E-state index >= 15 is 0 Å². The third-order valence-electron chi connectivity index (χ3n) is 1.81. The molecule has 0 N–H and O–H groups in total. The van der Waals surface area contributed by atoms with Crippen molar-refractivity contribution in [1.29, 1.82) is 0 Å². The van der Waals surface area contributed by atoms with Crippen LogP contribution in [0, 0.1) is 5.82 Å². The number of azide groups is 1. The van der Waals surface area contributed by atoms with Gasteiger partial charge in [-0.3, -0.25) is 0 Å². The number of hydrogen-bond acceptors (Lipinski definition) is 2. The summed E-state index contributed by atoms with van der Waals surface area (Å²) in [5.41, 5.74) is 9.43. The van der Waals surface area contributed by atoms with Gasteiger partial charge >= 0.3 is 0 Å². The van der Waals surface area contributed by atoms with E-state index in [1.54, 1.807) is 31.1 Å². The minimum atomic E-state index is -0.278. The quantitative estimate of drug-likeness (QED) is 0.414. The molecule has 1 aromatic carbocycles. The van der Waals surface area contributed by atoms with Crippen molar-refractivity contribution in [3.8, 4) is 0 Å². The van der Waals surface area contributed by atoms with E-state index in [1.165, 1.54) is 6.07 Å². The number of anilines is 1. The lowest BCUT2D eigenvalue weighted by Gasteiger charge is -2.14. The van der Waals surface area contributed by atoms with E-state index in [9.17, 15) is 4.39 Å². The fourth-order valence-electron chi connectivity index (χ4n) is 1.11. The van der Waals surface area contributed by atoms with Gasteiger partial charge in [0.25, 0.3) is 0 Å². The molecule has 0 fully saturated rings. The number of hydrogen-bond donors (Lipinski definition) is 0. The summed E-state index contributed by atoms with van der Waals surface area (Å²) in [6.07, 6.45) is 0. The molecule has 0 heterocycles. The summed E-state index contributed by atoms with van der Waals surface area (Å²) in [6, 6.07) is 4.65. The molecular weight excluding hydrogens is 183 g/mol. The molecule has 0 bridgehead atoms. The predicted molar refractivity (Wildman–Crippen MR) is 53.6 cm³/mol. The number of rotatable bonds is 3. The average Bonchev–Trinajstić information content (AvgIpc) is 2.16. The van der Waals surface area contributed by atoms with Gasteiger partial charge in [0.2, 0.25) is 0 Å². The Kier molecular flexibility index (Phi) is 3.31. The fourth-order valence-corrected chi connectivity index (χ4v) is 1.11. The maximum atomic E-state index is 13.2. The Morgan fingerprint density at radius 3 is 2.79 bits per heavy atom. The van der Waals surface area contributed by atoms with Crippen LogP contribution in [0.5, 0.6) is 0 Å². The molecule has 0 aromatic heterocycles. The Hall–Kier alpha value is -1.74. The number of nitrogens with zero attached hydrogens (tertiary/aromatic N) is 4. The van der Waals surface area contributed by atoms with Gasteiger partial charge in [-0.2, -0.15) is 0 Å². The monoisotopic (exact) mass is 194 g/mol. The van der Waals surface area contributed by atoms with Crippen molar-refractivity contribution >= 4 is 5.69 Å². The van der Waals surface area contributed by atoms with Crippen LogP contribution in [0.25, 0.3) is 10.4 Å². The molecule has 0 saturated carbocycles. The second kappa shape index (κ2) is 4.48. The van der Waals surface area contributed by atoms with Gasteiger partial charge in [0.1, 0.15) is 5.82 Å². The van der Waals surface area contributed by atoms with Crippen molar-refractivity contribution in [2.24, 2.45) is 5.11 Å². The van der Waals surface area contributed by atoms with E-state index in [0.29, 0.717) is 5.69 Å². The van der Waals surface area contributed by atoms with Crippen molar-refractivity contribution in [3.05, 3.63) is 40.0 Å². The van der Waals surface area contributed by atoms with E-state index in [1.807, 2.05) is 0 Å². The predicted octanol–water partition coefficient (Wildman–Crippen LogP) is 2.70. The van der Waals surface area contributed by atoms with Crippen molar-refractivity contribution < 1.29 is 4.39 Å². The van der Waals surface area contributed by atoms with Crippen LogP contribution in [-0.4, -0.2) is 14.1 Å². The molecule has 0 saturated heterocycles. The van der Waals surface area contributed by atoms with Crippen LogP contribution in [0.1, 0.15) is 5.56 Å². The fraction of sp³-hybridized carbons (Fsp3) is 0.333. The first-order valence-corrected chi connectivity index (χ1v) is 4.11. The first-order valence-electron chi connectivity index (χ1n) is 4.11. The Morgan fingerprint density at radius 2 is 2.21 bits per heavy atom. The smallest absolute Gasteiger partial charge is 0.146 e. The zero-order valence-corrected chi connectivity index (χ0v) is 8.11. The van der Waals surface area contributed by atoms with E-state index < -0.39 is 0 Å². The van der Waals surface area contributed by atoms with Crippen LogP contribution in [0.15, 0.2) is 23.3 Å². The van der Waals surface area contributed by atoms with Crippen LogP contribution >= 0.6 is 0 Å². The third-order valence-corrected chi connectivity index (χ3v) is 1.81. The molecule has 14 heavy (non-hydrogen) atoms. The zero-order valence-electron chi connectivity index (χ0n) is 8.11. The Bertz CT molecular complexity index is 369. The minimum absolute atomic E-state index is 0.248. The van der Waals surface area contributed by atoms with Crippen molar-refractivity contribution in [2.75, 3.05) is 19.0 Å². The molecule has 0 aliphatic rings.